The smallest absolute Gasteiger partial charge is 0.0708 e. The third-order valence-corrected chi connectivity index (χ3v) is 9.80. The van der Waals surface area contributed by atoms with Crippen LogP contribution in [0, 0.1) is 0 Å². The van der Waals surface area contributed by atoms with E-state index in [1.807, 2.05) is 12.3 Å². The van der Waals surface area contributed by atoms with Gasteiger partial charge in [-0.25, -0.2) is 0 Å². The van der Waals surface area contributed by atoms with Gasteiger partial charge in [0.05, 0.1) is 16.7 Å². The highest BCUT2D eigenvalue weighted by molar-refractivity contribution is 6.27. The zero-order valence-corrected chi connectivity index (χ0v) is 25.6. The van der Waals surface area contributed by atoms with Crippen LogP contribution in [0.25, 0.3) is 93.3 Å². The number of fused-ring (bicyclic) bond motifs is 3. The number of rotatable bonds is 4. The van der Waals surface area contributed by atoms with Crippen LogP contribution in [0.1, 0.15) is 0 Å². The highest BCUT2D eigenvalue weighted by Gasteiger charge is 2.16. The van der Waals surface area contributed by atoms with Gasteiger partial charge in [-0.05, 0) is 103 Å². The normalized spacial score (nSPS) is 11.8. The van der Waals surface area contributed by atoms with Crippen molar-refractivity contribution in [2.45, 2.75) is 0 Å². The molecule has 0 atom stereocenters. The Bertz CT molecular complexity index is 2770. The fourth-order valence-electron chi connectivity index (χ4n) is 7.67. The zero-order valence-electron chi connectivity index (χ0n) is 25.6. The number of hydrogen-bond donors (Lipinski definition) is 0. The highest BCUT2D eigenvalue weighted by Crippen LogP contribution is 2.43. The maximum absolute atomic E-state index is 4.69. The molecule has 0 aliphatic carbocycles. The fourth-order valence-corrected chi connectivity index (χ4v) is 7.67. The molecule has 47 heavy (non-hydrogen) atoms. The summed E-state index contributed by atoms with van der Waals surface area (Å²) in [6.07, 6.45) is 1.87. The van der Waals surface area contributed by atoms with E-state index >= 15 is 0 Å². The van der Waals surface area contributed by atoms with Crippen LogP contribution in [-0.4, -0.2) is 9.55 Å². The van der Waals surface area contributed by atoms with Crippen LogP contribution in [-0.2, 0) is 0 Å². The third-order valence-electron chi connectivity index (χ3n) is 9.80. The molecule has 2 nitrogen and oxygen atoms in total. The van der Waals surface area contributed by atoms with Gasteiger partial charge in [0.15, 0.2) is 0 Å². The molecule has 2 heteroatoms. The molecule has 2 aromatic heterocycles. The van der Waals surface area contributed by atoms with Gasteiger partial charge in [-0.1, -0.05) is 115 Å². The summed E-state index contributed by atoms with van der Waals surface area (Å²) in [5.41, 5.74) is 10.7. The van der Waals surface area contributed by atoms with Gasteiger partial charge in [-0.3, -0.25) is 4.98 Å². The predicted octanol–water partition coefficient (Wildman–Crippen LogP) is 12.1. The summed E-state index contributed by atoms with van der Waals surface area (Å²) in [4.78, 5) is 4.69. The quantitative estimate of drug-likeness (QED) is 0.185. The van der Waals surface area contributed by atoms with E-state index < -0.39 is 0 Å². The number of hydrogen-bond acceptors (Lipinski definition) is 1. The lowest BCUT2D eigenvalue weighted by atomic mass is 9.87. The summed E-state index contributed by atoms with van der Waals surface area (Å²) >= 11 is 0. The van der Waals surface area contributed by atoms with Crippen LogP contribution >= 0.6 is 0 Å². The van der Waals surface area contributed by atoms with Gasteiger partial charge in [0.1, 0.15) is 0 Å². The molecule has 0 spiro atoms. The SMILES string of the molecule is c1ccc(-n2c3ccccc3c3cc(-c4cccc(-c5ccc6ccc7c(-c8ccccn8)ccc8ccc5c6c87)c4)ccc32)cc1. The molecule has 0 radical (unpaired) electrons. The van der Waals surface area contributed by atoms with E-state index in [9.17, 15) is 0 Å². The molecule has 0 aliphatic rings. The van der Waals surface area contributed by atoms with Gasteiger partial charge in [0.25, 0.3) is 0 Å². The summed E-state index contributed by atoms with van der Waals surface area (Å²) in [7, 11) is 0. The lowest BCUT2D eigenvalue weighted by Crippen LogP contribution is -1.92. The first-order valence-electron chi connectivity index (χ1n) is 16.1. The second kappa shape index (κ2) is 10.1. The minimum Gasteiger partial charge on any atom is -0.309 e. The Balaban J connectivity index is 1.14. The van der Waals surface area contributed by atoms with Crippen molar-refractivity contribution < 1.29 is 0 Å². The molecule has 0 fully saturated rings. The van der Waals surface area contributed by atoms with Gasteiger partial charge >= 0.3 is 0 Å². The minimum absolute atomic E-state index is 1.00. The number of pyridine rings is 1. The molecule has 0 saturated carbocycles. The summed E-state index contributed by atoms with van der Waals surface area (Å²) in [6, 6.07) is 59.5. The van der Waals surface area contributed by atoms with Gasteiger partial charge in [-0.2, -0.15) is 0 Å². The lowest BCUT2D eigenvalue weighted by Gasteiger charge is -2.16. The molecule has 0 amide bonds. The Morgan fingerprint density at radius 1 is 0.383 bits per heavy atom. The Labute approximate surface area is 272 Å². The molecule has 0 aliphatic heterocycles. The molecule has 8 aromatic carbocycles. The van der Waals surface area contributed by atoms with E-state index in [1.54, 1.807) is 0 Å². The summed E-state index contributed by atoms with van der Waals surface area (Å²) in [5, 5.41) is 10.2. The first-order valence-corrected chi connectivity index (χ1v) is 16.1. The summed E-state index contributed by atoms with van der Waals surface area (Å²) in [5.74, 6) is 0. The van der Waals surface area contributed by atoms with Gasteiger partial charge in [-0.15, -0.1) is 0 Å². The summed E-state index contributed by atoms with van der Waals surface area (Å²) < 4.78 is 2.37. The average Bonchev–Trinajstić information content (AvgIpc) is 3.48. The van der Waals surface area contributed by atoms with E-state index in [1.165, 1.54) is 87.6 Å². The van der Waals surface area contributed by atoms with Crippen molar-refractivity contribution in [3.63, 3.8) is 0 Å². The van der Waals surface area contributed by atoms with Gasteiger partial charge < -0.3 is 4.57 Å². The van der Waals surface area contributed by atoms with Gasteiger partial charge in [0.2, 0.25) is 0 Å². The molecule has 0 N–H and O–H groups in total. The Morgan fingerprint density at radius 3 is 1.85 bits per heavy atom. The van der Waals surface area contributed by atoms with Crippen LogP contribution in [0.2, 0.25) is 0 Å². The Morgan fingerprint density at radius 2 is 1.04 bits per heavy atom. The average molecular weight is 597 g/mol. The number of nitrogens with zero attached hydrogens (tertiary/aromatic N) is 2. The van der Waals surface area contributed by atoms with Crippen molar-refractivity contribution in [1.82, 2.24) is 9.55 Å². The van der Waals surface area contributed by atoms with Crippen LogP contribution in [0.15, 0.2) is 170 Å². The number of para-hydroxylation sites is 2. The highest BCUT2D eigenvalue weighted by atomic mass is 15.0. The topological polar surface area (TPSA) is 17.8 Å². The molecule has 10 aromatic rings. The van der Waals surface area contributed by atoms with Crippen molar-refractivity contribution in [3.05, 3.63) is 170 Å². The van der Waals surface area contributed by atoms with Crippen molar-refractivity contribution in [2.24, 2.45) is 0 Å². The van der Waals surface area contributed by atoms with E-state index in [4.69, 9.17) is 0 Å². The van der Waals surface area contributed by atoms with Crippen LogP contribution in [0.4, 0.5) is 0 Å². The molecule has 0 bridgehead atoms. The summed E-state index contributed by atoms with van der Waals surface area (Å²) in [6.45, 7) is 0. The third kappa shape index (κ3) is 3.95. The van der Waals surface area contributed by atoms with Crippen molar-refractivity contribution in [2.75, 3.05) is 0 Å². The molecule has 218 valence electrons. The molecule has 10 rings (SSSR count). The molecular formula is C45H28N2. The van der Waals surface area contributed by atoms with Crippen molar-refractivity contribution >= 4 is 54.1 Å². The second-order valence-corrected chi connectivity index (χ2v) is 12.4. The zero-order chi connectivity index (χ0) is 30.9. The first-order chi connectivity index (χ1) is 23.3. The van der Waals surface area contributed by atoms with E-state index in [0.29, 0.717) is 0 Å². The molecular weight excluding hydrogens is 569 g/mol. The predicted molar refractivity (Wildman–Crippen MR) is 199 cm³/mol. The minimum atomic E-state index is 1.00. The Hall–Kier alpha value is -6.25. The van der Waals surface area contributed by atoms with Crippen LogP contribution in [0.5, 0.6) is 0 Å². The largest absolute Gasteiger partial charge is 0.309 e. The van der Waals surface area contributed by atoms with Crippen molar-refractivity contribution in [1.29, 1.82) is 0 Å². The molecule has 2 heterocycles. The van der Waals surface area contributed by atoms with Crippen LogP contribution < -0.4 is 0 Å². The van der Waals surface area contributed by atoms with E-state index in [2.05, 4.69) is 167 Å². The van der Waals surface area contributed by atoms with Crippen molar-refractivity contribution in [3.8, 4) is 39.2 Å². The maximum Gasteiger partial charge on any atom is 0.0708 e. The van der Waals surface area contributed by atoms with Crippen LogP contribution in [0.3, 0.4) is 0 Å². The second-order valence-electron chi connectivity index (χ2n) is 12.4. The monoisotopic (exact) mass is 596 g/mol. The maximum atomic E-state index is 4.69. The first kappa shape index (κ1) is 26.0. The fraction of sp³-hybridized carbons (Fsp3) is 0. The van der Waals surface area contributed by atoms with Gasteiger partial charge in [0, 0.05) is 28.2 Å². The van der Waals surface area contributed by atoms with E-state index in [0.717, 1.165) is 5.69 Å². The number of benzene rings is 8. The number of aromatic nitrogens is 2. The lowest BCUT2D eigenvalue weighted by molar-refractivity contribution is 1.18. The Kier molecular flexibility index (Phi) is 5.61. The molecule has 0 unspecified atom stereocenters. The molecule has 0 saturated heterocycles. The standard InChI is InChI=1S/C45H28N2/c1-2-11-34(12-3-1)47-42-15-5-4-13-37(42)40-28-32(20-25-43(40)47)31-9-8-10-33(27-31)35-21-16-29-19-24-39-36(41-14-6-7-26-46-41)22-17-30-18-23-38(35)44(29)45(30)39/h1-28H. The van der Waals surface area contributed by atoms with E-state index in [-0.39, 0.29) is 0 Å².